The van der Waals surface area contributed by atoms with Gasteiger partial charge in [0.15, 0.2) is 5.82 Å². The lowest BCUT2D eigenvalue weighted by molar-refractivity contribution is 0.413. The van der Waals surface area contributed by atoms with Gasteiger partial charge in [-0.3, -0.25) is 0 Å². The molecule has 164 valence electrons. The number of ether oxygens (including phenoxy) is 1. The Kier molecular flexibility index (Phi) is 5.49. The first-order chi connectivity index (χ1) is 16.1. The maximum atomic E-state index is 9.06. The largest absolute Gasteiger partial charge is 0.495 e. The molecule has 4 aromatic rings. The van der Waals surface area contributed by atoms with Crippen LogP contribution in [0.1, 0.15) is 52.8 Å². The number of rotatable bonds is 5. The van der Waals surface area contributed by atoms with Crippen LogP contribution >= 0.6 is 0 Å². The molecule has 3 heterocycles. The highest BCUT2D eigenvalue weighted by Crippen LogP contribution is 2.32. The van der Waals surface area contributed by atoms with Crippen molar-refractivity contribution >= 4 is 12.2 Å². The third kappa shape index (κ3) is 4.15. The van der Waals surface area contributed by atoms with E-state index in [0.717, 1.165) is 47.9 Å². The zero-order valence-corrected chi connectivity index (χ0v) is 18.6. The molecule has 1 aliphatic rings. The third-order valence-electron chi connectivity index (χ3n) is 5.95. The fourth-order valence-corrected chi connectivity index (χ4v) is 4.28. The monoisotopic (exact) mass is 436 g/mol. The molecule has 7 nitrogen and oxygen atoms in total. The van der Waals surface area contributed by atoms with E-state index in [1.807, 2.05) is 77.0 Å². The van der Waals surface area contributed by atoms with E-state index in [0.29, 0.717) is 11.4 Å². The average molecular weight is 437 g/mol. The topological polar surface area (TPSA) is 81.5 Å². The molecule has 1 atom stereocenters. The van der Waals surface area contributed by atoms with E-state index in [-0.39, 0.29) is 5.92 Å². The number of hydrogen-bond donors (Lipinski definition) is 0. The van der Waals surface area contributed by atoms with Gasteiger partial charge in [-0.15, -0.1) is 0 Å². The minimum Gasteiger partial charge on any atom is -0.495 e. The highest BCUT2D eigenvalue weighted by Gasteiger charge is 2.25. The van der Waals surface area contributed by atoms with E-state index in [4.69, 9.17) is 20.1 Å². The molecule has 2 aromatic carbocycles. The minimum absolute atomic E-state index is 0.194. The Morgan fingerprint density at radius 2 is 2.00 bits per heavy atom. The highest BCUT2D eigenvalue weighted by molar-refractivity contribution is 5.69. The Labute approximate surface area is 192 Å². The summed E-state index contributed by atoms with van der Waals surface area (Å²) in [6.07, 6.45) is 9.78. The van der Waals surface area contributed by atoms with E-state index in [1.54, 1.807) is 13.4 Å². The van der Waals surface area contributed by atoms with Gasteiger partial charge in [0.05, 0.1) is 36.5 Å². The summed E-state index contributed by atoms with van der Waals surface area (Å²) in [4.78, 5) is 9.13. The van der Waals surface area contributed by atoms with E-state index in [9.17, 15) is 0 Å². The lowest BCUT2D eigenvalue weighted by Gasteiger charge is -2.22. The quantitative estimate of drug-likeness (QED) is 0.451. The van der Waals surface area contributed by atoms with Crippen LogP contribution in [0.15, 0.2) is 55.0 Å². The van der Waals surface area contributed by atoms with Gasteiger partial charge in [0.2, 0.25) is 0 Å². The zero-order valence-electron chi connectivity index (χ0n) is 18.6. The number of imidazole rings is 1. The van der Waals surface area contributed by atoms with Crippen molar-refractivity contribution in [1.29, 1.82) is 5.26 Å². The number of aromatic nitrogens is 5. The Bertz CT molecular complexity index is 1360. The fraction of sp³-hybridized carbons (Fsp3) is 0.231. The molecule has 33 heavy (non-hydrogen) atoms. The number of nitrogens with zero attached hydrogens (tertiary/aromatic N) is 6. The van der Waals surface area contributed by atoms with Crippen molar-refractivity contribution < 1.29 is 4.74 Å². The smallest absolute Gasteiger partial charge is 0.174 e. The standard InChI is InChI=1S/C26H24N6O/c1-18-16-31(17-28-18)23-11-7-19(14-24(23)33-2)8-12-25-29-26-22(4-3-13-32(26)30-25)21-9-5-20(15-27)6-10-21/h5-12,14,16-17,22H,3-4,13H2,1-2H3/b12-8+/t22-/m1/s1. The number of nitriles is 1. The van der Waals surface area contributed by atoms with Crippen molar-refractivity contribution in [3.05, 3.63) is 89.0 Å². The molecule has 1 aliphatic heterocycles. The average Bonchev–Trinajstić information content (AvgIpc) is 3.48. The molecule has 2 aromatic heterocycles. The van der Waals surface area contributed by atoms with Gasteiger partial charge >= 0.3 is 0 Å². The summed E-state index contributed by atoms with van der Waals surface area (Å²) in [5, 5.41) is 13.8. The number of fused-ring (bicyclic) bond motifs is 1. The number of benzene rings is 2. The van der Waals surface area contributed by atoms with Crippen LogP contribution in [-0.2, 0) is 6.54 Å². The summed E-state index contributed by atoms with van der Waals surface area (Å²) >= 11 is 0. The second kappa shape index (κ2) is 8.75. The maximum absolute atomic E-state index is 9.06. The van der Waals surface area contributed by atoms with Gasteiger partial charge in [-0.1, -0.05) is 24.3 Å². The van der Waals surface area contributed by atoms with Gasteiger partial charge in [0.25, 0.3) is 0 Å². The Balaban J connectivity index is 1.40. The molecular weight excluding hydrogens is 412 g/mol. The van der Waals surface area contributed by atoms with Gasteiger partial charge in [0, 0.05) is 18.7 Å². The van der Waals surface area contributed by atoms with Crippen molar-refractivity contribution in [2.24, 2.45) is 0 Å². The van der Waals surface area contributed by atoms with Gasteiger partial charge in [0.1, 0.15) is 11.6 Å². The van der Waals surface area contributed by atoms with Crippen LogP contribution in [0.4, 0.5) is 0 Å². The lowest BCUT2D eigenvalue weighted by Crippen LogP contribution is -2.17. The van der Waals surface area contributed by atoms with Crippen LogP contribution in [0, 0.1) is 18.3 Å². The second-order valence-corrected chi connectivity index (χ2v) is 8.17. The van der Waals surface area contributed by atoms with Crippen LogP contribution in [-0.4, -0.2) is 31.4 Å². The van der Waals surface area contributed by atoms with Gasteiger partial charge in [-0.2, -0.15) is 10.4 Å². The zero-order chi connectivity index (χ0) is 22.8. The van der Waals surface area contributed by atoms with Crippen LogP contribution in [0.5, 0.6) is 5.75 Å². The lowest BCUT2D eigenvalue weighted by atomic mass is 9.91. The SMILES string of the molecule is COc1cc(/C=C/c2nc3n(n2)CCC[C@@H]3c2ccc(C#N)cc2)ccc1-n1cnc(C)c1. The normalized spacial score (nSPS) is 15.4. The van der Waals surface area contributed by atoms with E-state index in [2.05, 4.69) is 11.1 Å². The van der Waals surface area contributed by atoms with Crippen LogP contribution in [0.3, 0.4) is 0 Å². The van der Waals surface area contributed by atoms with Crippen molar-refractivity contribution in [1.82, 2.24) is 24.3 Å². The van der Waals surface area contributed by atoms with E-state index < -0.39 is 0 Å². The summed E-state index contributed by atoms with van der Waals surface area (Å²) in [5.74, 6) is 2.64. The fourth-order valence-electron chi connectivity index (χ4n) is 4.28. The van der Waals surface area contributed by atoms with Crippen molar-refractivity contribution in [3.63, 3.8) is 0 Å². The van der Waals surface area contributed by atoms with Crippen molar-refractivity contribution in [2.75, 3.05) is 7.11 Å². The molecule has 0 N–H and O–H groups in total. The van der Waals surface area contributed by atoms with Crippen molar-refractivity contribution in [3.8, 4) is 17.5 Å². The van der Waals surface area contributed by atoms with Crippen LogP contribution in [0.25, 0.3) is 17.8 Å². The molecule has 5 rings (SSSR count). The summed E-state index contributed by atoms with van der Waals surface area (Å²) in [7, 11) is 1.67. The number of aryl methyl sites for hydroxylation is 2. The molecule has 0 radical (unpaired) electrons. The first-order valence-corrected chi connectivity index (χ1v) is 11.0. The van der Waals surface area contributed by atoms with Crippen molar-refractivity contribution in [2.45, 2.75) is 32.2 Å². The third-order valence-corrected chi connectivity index (χ3v) is 5.95. The number of hydrogen-bond acceptors (Lipinski definition) is 5. The molecule has 0 spiro atoms. The minimum atomic E-state index is 0.194. The molecule has 0 unspecified atom stereocenters. The molecule has 7 heteroatoms. The summed E-state index contributed by atoms with van der Waals surface area (Å²) < 4.78 is 9.57. The van der Waals surface area contributed by atoms with Gasteiger partial charge in [-0.25, -0.2) is 14.6 Å². The van der Waals surface area contributed by atoms with Gasteiger partial charge in [-0.05, 0) is 61.2 Å². The molecule has 0 saturated heterocycles. The van der Waals surface area contributed by atoms with Crippen LogP contribution < -0.4 is 4.74 Å². The summed E-state index contributed by atoms with van der Waals surface area (Å²) in [5.41, 5.74) is 4.74. The summed E-state index contributed by atoms with van der Waals surface area (Å²) in [6.45, 7) is 2.83. The first kappa shape index (κ1) is 20.7. The Morgan fingerprint density at radius 3 is 2.73 bits per heavy atom. The van der Waals surface area contributed by atoms with E-state index >= 15 is 0 Å². The molecule has 0 aliphatic carbocycles. The summed E-state index contributed by atoms with van der Waals surface area (Å²) in [6, 6.07) is 16.0. The molecule has 0 amide bonds. The molecule has 0 bridgehead atoms. The molecule has 0 fully saturated rings. The Hall–Kier alpha value is -4.18. The van der Waals surface area contributed by atoms with Crippen LogP contribution in [0.2, 0.25) is 0 Å². The second-order valence-electron chi connectivity index (χ2n) is 8.17. The predicted molar refractivity (Wildman–Crippen MR) is 126 cm³/mol. The number of methoxy groups -OCH3 is 1. The molecule has 0 saturated carbocycles. The molecular formula is C26H24N6O. The maximum Gasteiger partial charge on any atom is 0.174 e. The first-order valence-electron chi connectivity index (χ1n) is 11.0. The Morgan fingerprint density at radius 1 is 1.15 bits per heavy atom. The highest BCUT2D eigenvalue weighted by atomic mass is 16.5. The predicted octanol–water partition coefficient (Wildman–Crippen LogP) is 4.75. The van der Waals surface area contributed by atoms with Gasteiger partial charge < -0.3 is 9.30 Å². The van der Waals surface area contributed by atoms with E-state index in [1.165, 1.54) is 5.56 Å².